The molecule has 2 heterocycles. The smallest absolute Gasteiger partial charge is 0.221 e. The van der Waals surface area contributed by atoms with Gasteiger partial charge in [0.2, 0.25) is 5.95 Å². The molecule has 0 saturated carbocycles. The van der Waals surface area contributed by atoms with Gasteiger partial charge in [0.15, 0.2) is 0 Å². The lowest BCUT2D eigenvalue weighted by atomic mass is 10.1. The monoisotopic (exact) mass is 240 g/mol. The second kappa shape index (κ2) is 4.03. The highest BCUT2D eigenvalue weighted by Crippen LogP contribution is 2.29. The molecule has 0 saturated heterocycles. The van der Waals surface area contributed by atoms with Crippen LogP contribution in [0.1, 0.15) is 0 Å². The summed E-state index contributed by atoms with van der Waals surface area (Å²) in [4.78, 5) is 11.3. The van der Waals surface area contributed by atoms with Gasteiger partial charge in [0.25, 0.3) is 0 Å². The molecule has 0 aliphatic rings. The third-order valence-electron chi connectivity index (χ3n) is 2.83. The molecule has 5 nitrogen and oxygen atoms in total. The maximum atomic E-state index is 5.56. The van der Waals surface area contributed by atoms with E-state index in [9.17, 15) is 0 Å². The molecular formula is C13H12N4O. The van der Waals surface area contributed by atoms with Crippen LogP contribution in [-0.2, 0) is 0 Å². The molecule has 0 unspecified atom stereocenters. The lowest BCUT2D eigenvalue weighted by Gasteiger charge is -2.03. The topological polar surface area (TPSA) is 76.8 Å². The standard InChI is InChI=1S/C13H12N4O/c1-18-9-4-2-3-8(5-9)10-6-15-12-11(10)7-16-13(14)17-12/h2-7H,1H3,(H3,14,15,16,17). The lowest BCUT2D eigenvalue weighted by Crippen LogP contribution is -1.93. The van der Waals surface area contributed by atoms with E-state index in [1.807, 2.05) is 30.5 Å². The summed E-state index contributed by atoms with van der Waals surface area (Å²) in [5.41, 5.74) is 8.37. The van der Waals surface area contributed by atoms with Crippen molar-refractivity contribution in [2.24, 2.45) is 0 Å². The highest BCUT2D eigenvalue weighted by Gasteiger charge is 2.08. The summed E-state index contributed by atoms with van der Waals surface area (Å²) in [7, 11) is 1.65. The number of rotatable bonds is 2. The first kappa shape index (κ1) is 10.6. The lowest BCUT2D eigenvalue weighted by molar-refractivity contribution is 0.415. The SMILES string of the molecule is COc1cccc(-c2c[nH]c3nc(N)ncc23)c1. The fraction of sp³-hybridized carbons (Fsp3) is 0.0769. The number of nitrogens with zero attached hydrogens (tertiary/aromatic N) is 2. The fourth-order valence-corrected chi connectivity index (χ4v) is 1.95. The van der Waals surface area contributed by atoms with Crippen molar-refractivity contribution in [3.63, 3.8) is 0 Å². The van der Waals surface area contributed by atoms with Crippen molar-refractivity contribution in [2.45, 2.75) is 0 Å². The minimum Gasteiger partial charge on any atom is -0.497 e. The maximum absolute atomic E-state index is 5.56. The number of benzene rings is 1. The number of anilines is 1. The third kappa shape index (κ3) is 1.66. The van der Waals surface area contributed by atoms with Gasteiger partial charge >= 0.3 is 0 Å². The summed E-state index contributed by atoms with van der Waals surface area (Å²) in [6, 6.07) is 7.85. The second-order valence-corrected chi connectivity index (χ2v) is 3.92. The first-order valence-electron chi connectivity index (χ1n) is 5.52. The number of nitrogens with one attached hydrogen (secondary N) is 1. The zero-order chi connectivity index (χ0) is 12.5. The number of aromatic nitrogens is 3. The number of nitrogen functional groups attached to an aromatic ring is 1. The third-order valence-corrected chi connectivity index (χ3v) is 2.83. The molecule has 1 aromatic carbocycles. The maximum Gasteiger partial charge on any atom is 0.221 e. The molecule has 0 aliphatic carbocycles. The quantitative estimate of drug-likeness (QED) is 0.720. The molecule has 0 amide bonds. The molecule has 18 heavy (non-hydrogen) atoms. The molecule has 0 radical (unpaired) electrons. The zero-order valence-corrected chi connectivity index (χ0v) is 9.84. The van der Waals surface area contributed by atoms with E-state index in [2.05, 4.69) is 15.0 Å². The van der Waals surface area contributed by atoms with E-state index in [1.54, 1.807) is 13.3 Å². The number of hydrogen-bond acceptors (Lipinski definition) is 4. The summed E-state index contributed by atoms with van der Waals surface area (Å²) < 4.78 is 5.22. The van der Waals surface area contributed by atoms with Crippen molar-refractivity contribution in [3.8, 4) is 16.9 Å². The van der Waals surface area contributed by atoms with Crippen LogP contribution in [0.4, 0.5) is 5.95 Å². The average molecular weight is 240 g/mol. The Kier molecular flexibility index (Phi) is 2.37. The average Bonchev–Trinajstić information content (AvgIpc) is 2.81. The van der Waals surface area contributed by atoms with Gasteiger partial charge in [-0.1, -0.05) is 12.1 Å². The van der Waals surface area contributed by atoms with Gasteiger partial charge in [0, 0.05) is 23.3 Å². The molecule has 0 atom stereocenters. The highest BCUT2D eigenvalue weighted by atomic mass is 16.5. The zero-order valence-electron chi connectivity index (χ0n) is 9.84. The Labute approximate surface area is 104 Å². The molecule has 5 heteroatoms. The molecule has 90 valence electrons. The van der Waals surface area contributed by atoms with Gasteiger partial charge in [0.05, 0.1) is 7.11 Å². The molecule has 0 aliphatic heterocycles. The predicted molar refractivity (Wildman–Crippen MR) is 70.3 cm³/mol. The molecule has 3 rings (SSSR count). The van der Waals surface area contributed by atoms with Gasteiger partial charge in [0.1, 0.15) is 11.4 Å². The molecule has 2 aromatic heterocycles. The number of ether oxygens (including phenoxy) is 1. The first-order valence-corrected chi connectivity index (χ1v) is 5.52. The van der Waals surface area contributed by atoms with E-state index in [-0.39, 0.29) is 5.95 Å². The minimum absolute atomic E-state index is 0.265. The Morgan fingerprint density at radius 1 is 1.33 bits per heavy atom. The van der Waals surface area contributed by atoms with Gasteiger partial charge in [-0.25, -0.2) is 4.98 Å². The molecule has 0 spiro atoms. The van der Waals surface area contributed by atoms with Gasteiger partial charge in [-0.05, 0) is 17.7 Å². The van der Waals surface area contributed by atoms with Crippen LogP contribution in [-0.4, -0.2) is 22.1 Å². The van der Waals surface area contributed by atoms with Gasteiger partial charge in [-0.2, -0.15) is 4.98 Å². The van der Waals surface area contributed by atoms with E-state index in [0.717, 1.165) is 27.9 Å². The van der Waals surface area contributed by atoms with Crippen LogP contribution in [0.2, 0.25) is 0 Å². The molecule has 0 bridgehead atoms. The molecule has 0 fully saturated rings. The van der Waals surface area contributed by atoms with Crippen molar-refractivity contribution in [3.05, 3.63) is 36.7 Å². The Balaban J connectivity index is 2.19. The summed E-state index contributed by atoms with van der Waals surface area (Å²) in [6.45, 7) is 0. The van der Waals surface area contributed by atoms with Gasteiger partial charge in [-0.15, -0.1) is 0 Å². The van der Waals surface area contributed by atoms with Gasteiger partial charge in [-0.3, -0.25) is 0 Å². The van der Waals surface area contributed by atoms with E-state index in [1.165, 1.54) is 0 Å². The van der Waals surface area contributed by atoms with Crippen LogP contribution in [0.5, 0.6) is 5.75 Å². The Hall–Kier alpha value is -2.56. The predicted octanol–water partition coefficient (Wildman–Crippen LogP) is 2.22. The summed E-state index contributed by atoms with van der Waals surface area (Å²) in [6.07, 6.45) is 3.62. The number of methoxy groups -OCH3 is 1. The van der Waals surface area contributed by atoms with Crippen LogP contribution in [0, 0.1) is 0 Å². The Morgan fingerprint density at radius 2 is 2.22 bits per heavy atom. The number of fused-ring (bicyclic) bond motifs is 1. The van der Waals surface area contributed by atoms with E-state index in [0.29, 0.717) is 0 Å². The number of hydrogen-bond donors (Lipinski definition) is 2. The van der Waals surface area contributed by atoms with Crippen LogP contribution >= 0.6 is 0 Å². The Bertz CT molecular complexity index is 705. The summed E-state index contributed by atoms with van der Waals surface area (Å²) in [5.74, 6) is 1.08. The van der Waals surface area contributed by atoms with Crippen molar-refractivity contribution in [1.29, 1.82) is 0 Å². The fourth-order valence-electron chi connectivity index (χ4n) is 1.95. The van der Waals surface area contributed by atoms with Crippen LogP contribution in [0.3, 0.4) is 0 Å². The van der Waals surface area contributed by atoms with Gasteiger partial charge < -0.3 is 15.5 Å². The van der Waals surface area contributed by atoms with E-state index in [4.69, 9.17) is 10.5 Å². The minimum atomic E-state index is 0.265. The second-order valence-electron chi connectivity index (χ2n) is 3.92. The highest BCUT2D eigenvalue weighted by molar-refractivity contribution is 5.93. The van der Waals surface area contributed by atoms with Crippen molar-refractivity contribution in [2.75, 3.05) is 12.8 Å². The van der Waals surface area contributed by atoms with Crippen LogP contribution in [0.15, 0.2) is 36.7 Å². The first-order chi connectivity index (χ1) is 8.78. The van der Waals surface area contributed by atoms with Crippen molar-refractivity contribution in [1.82, 2.24) is 15.0 Å². The van der Waals surface area contributed by atoms with Crippen molar-refractivity contribution < 1.29 is 4.74 Å². The Morgan fingerprint density at radius 3 is 3.06 bits per heavy atom. The number of nitrogens with two attached hydrogens (primary N) is 1. The van der Waals surface area contributed by atoms with E-state index >= 15 is 0 Å². The van der Waals surface area contributed by atoms with E-state index < -0.39 is 0 Å². The molecule has 3 N–H and O–H groups in total. The summed E-state index contributed by atoms with van der Waals surface area (Å²) in [5, 5.41) is 0.942. The normalized spacial score (nSPS) is 10.7. The van der Waals surface area contributed by atoms with Crippen LogP contribution in [0.25, 0.3) is 22.2 Å². The largest absolute Gasteiger partial charge is 0.497 e. The molecule has 3 aromatic rings. The number of aromatic amines is 1. The molecular weight excluding hydrogens is 228 g/mol. The number of H-pyrrole nitrogens is 1. The summed E-state index contributed by atoms with van der Waals surface area (Å²) >= 11 is 0. The van der Waals surface area contributed by atoms with Crippen molar-refractivity contribution >= 4 is 17.0 Å². The van der Waals surface area contributed by atoms with Crippen LogP contribution < -0.4 is 10.5 Å².